The van der Waals surface area contributed by atoms with E-state index in [-0.39, 0.29) is 18.6 Å². The molecule has 9 nitrogen and oxygen atoms in total. The van der Waals surface area contributed by atoms with E-state index in [1.54, 1.807) is 9.36 Å². The largest absolute Gasteiger partial charge is 0.463 e. The first-order valence-electron chi connectivity index (χ1n) is 10.5. The van der Waals surface area contributed by atoms with E-state index in [9.17, 15) is 4.79 Å². The number of hydrogen-bond acceptors (Lipinski definition) is 7. The first-order chi connectivity index (χ1) is 15.1. The Morgan fingerprint density at radius 2 is 1.97 bits per heavy atom. The van der Waals surface area contributed by atoms with Crippen LogP contribution in [0.15, 0.2) is 54.9 Å². The monoisotopic (exact) mass is 422 g/mol. The normalized spacial score (nSPS) is 20.6. The van der Waals surface area contributed by atoms with Crippen molar-refractivity contribution >= 4 is 5.97 Å². The van der Waals surface area contributed by atoms with Gasteiger partial charge in [-0.05, 0) is 25.0 Å². The molecule has 162 valence electrons. The van der Waals surface area contributed by atoms with Gasteiger partial charge in [0.2, 0.25) is 0 Å². The second-order valence-electron chi connectivity index (χ2n) is 7.49. The Morgan fingerprint density at radius 1 is 1.13 bits per heavy atom. The highest BCUT2D eigenvalue weighted by Crippen LogP contribution is 2.31. The fraction of sp³-hybridized carbons (Fsp3) is 0.409. The number of esters is 1. The minimum absolute atomic E-state index is 0.109. The van der Waals surface area contributed by atoms with Gasteiger partial charge in [0.1, 0.15) is 30.6 Å². The fourth-order valence-electron chi connectivity index (χ4n) is 3.46. The second kappa shape index (κ2) is 9.65. The van der Waals surface area contributed by atoms with Gasteiger partial charge in [-0.2, -0.15) is 0 Å². The van der Waals surface area contributed by atoms with Crippen LogP contribution in [-0.2, 0) is 20.7 Å². The Labute approximate surface area is 180 Å². The summed E-state index contributed by atoms with van der Waals surface area (Å²) in [4.78, 5) is 11.4. The van der Waals surface area contributed by atoms with Gasteiger partial charge in [-0.1, -0.05) is 54.1 Å². The van der Waals surface area contributed by atoms with Crippen LogP contribution in [0.5, 0.6) is 0 Å². The van der Waals surface area contributed by atoms with Crippen LogP contribution in [0.4, 0.5) is 0 Å². The Kier molecular flexibility index (Phi) is 6.51. The summed E-state index contributed by atoms with van der Waals surface area (Å²) >= 11 is 0. The molecule has 0 N–H and O–H groups in total. The summed E-state index contributed by atoms with van der Waals surface area (Å²) < 4.78 is 15.0. The van der Waals surface area contributed by atoms with Crippen LogP contribution in [-0.4, -0.2) is 48.7 Å². The van der Waals surface area contributed by atoms with Gasteiger partial charge >= 0.3 is 5.97 Å². The Hall–Kier alpha value is -3.33. The van der Waals surface area contributed by atoms with Crippen LogP contribution in [0.3, 0.4) is 0 Å². The van der Waals surface area contributed by atoms with Crippen LogP contribution in [0, 0.1) is 0 Å². The average molecular weight is 422 g/mol. The zero-order valence-electron chi connectivity index (χ0n) is 17.7. The fourth-order valence-corrected chi connectivity index (χ4v) is 3.46. The van der Waals surface area contributed by atoms with E-state index in [1.165, 1.54) is 6.92 Å². The Bertz CT molecular complexity index is 1030. The number of aromatic nitrogens is 6. The SMILES string of the molecule is CCCCc1cn([C@H]2C=C[C@@H](c3cn(-c4ccccc4)nn3)O[C@@H]2COC(C)=O)nn1. The van der Waals surface area contributed by atoms with E-state index < -0.39 is 12.2 Å². The minimum Gasteiger partial charge on any atom is -0.463 e. The van der Waals surface area contributed by atoms with E-state index in [0.29, 0.717) is 5.69 Å². The third-order valence-electron chi connectivity index (χ3n) is 5.11. The van der Waals surface area contributed by atoms with E-state index in [2.05, 4.69) is 27.5 Å². The van der Waals surface area contributed by atoms with Gasteiger partial charge in [-0.25, -0.2) is 9.36 Å². The quantitative estimate of drug-likeness (QED) is 0.407. The molecular weight excluding hydrogens is 396 g/mol. The molecule has 9 heteroatoms. The second-order valence-corrected chi connectivity index (χ2v) is 7.49. The zero-order chi connectivity index (χ0) is 21.6. The topological polar surface area (TPSA) is 97.0 Å². The smallest absolute Gasteiger partial charge is 0.302 e. The Balaban J connectivity index is 1.54. The maximum atomic E-state index is 11.4. The van der Waals surface area contributed by atoms with Gasteiger partial charge in [-0.15, -0.1) is 10.2 Å². The maximum absolute atomic E-state index is 11.4. The van der Waals surface area contributed by atoms with E-state index >= 15 is 0 Å². The van der Waals surface area contributed by atoms with Crippen LogP contribution >= 0.6 is 0 Å². The van der Waals surface area contributed by atoms with Gasteiger partial charge in [0.25, 0.3) is 0 Å². The molecule has 0 saturated heterocycles. The van der Waals surface area contributed by atoms with Gasteiger partial charge in [0.15, 0.2) is 0 Å². The highest BCUT2D eigenvalue weighted by Gasteiger charge is 2.32. The molecule has 31 heavy (non-hydrogen) atoms. The molecule has 0 amide bonds. The number of carbonyl (C=O) groups is 1. The molecule has 0 aliphatic carbocycles. The summed E-state index contributed by atoms with van der Waals surface area (Å²) in [5.74, 6) is -0.356. The maximum Gasteiger partial charge on any atom is 0.302 e. The predicted molar refractivity (Wildman–Crippen MR) is 112 cm³/mol. The van der Waals surface area contributed by atoms with Crippen molar-refractivity contribution in [1.82, 2.24) is 30.0 Å². The number of hydrogen-bond donors (Lipinski definition) is 0. The molecule has 0 radical (unpaired) electrons. The number of para-hydroxylation sites is 1. The molecule has 3 heterocycles. The lowest BCUT2D eigenvalue weighted by Crippen LogP contribution is -2.35. The molecule has 2 aromatic heterocycles. The molecule has 0 saturated carbocycles. The van der Waals surface area contributed by atoms with Crippen LogP contribution in [0.1, 0.15) is 50.2 Å². The molecule has 0 unspecified atom stereocenters. The molecule has 0 bridgehead atoms. The number of nitrogens with zero attached hydrogens (tertiary/aromatic N) is 6. The first-order valence-corrected chi connectivity index (χ1v) is 10.5. The molecule has 3 atom stereocenters. The van der Waals surface area contributed by atoms with E-state index in [4.69, 9.17) is 9.47 Å². The first kappa shape index (κ1) is 20.9. The van der Waals surface area contributed by atoms with Crippen molar-refractivity contribution in [3.63, 3.8) is 0 Å². The third-order valence-corrected chi connectivity index (χ3v) is 5.11. The summed E-state index contributed by atoms with van der Waals surface area (Å²) in [6.45, 7) is 3.64. The van der Waals surface area contributed by atoms with Gasteiger partial charge in [0, 0.05) is 13.1 Å². The number of ether oxygens (including phenoxy) is 2. The minimum atomic E-state index is -0.429. The van der Waals surface area contributed by atoms with E-state index in [0.717, 1.165) is 30.6 Å². The molecule has 1 aliphatic rings. The molecule has 1 aromatic carbocycles. The van der Waals surface area contributed by atoms with Crippen LogP contribution in [0.2, 0.25) is 0 Å². The number of rotatable bonds is 8. The van der Waals surface area contributed by atoms with Crippen molar-refractivity contribution in [3.05, 3.63) is 66.3 Å². The van der Waals surface area contributed by atoms with Crippen molar-refractivity contribution < 1.29 is 14.3 Å². The molecule has 1 aliphatic heterocycles. The van der Waals surface area contributed by atoms with Gasteiger partial charge < -0.3 is 9.47 Å². The van der Waals surface area contributed by atoms with Crippen molar-refractivity contribution in [1.29, 1.82) is 0 Å². The van der Waals surface area contributed by atoms with Crippen molar-refractivity contribution in [2.75, 3.05) is 6.61 Å². The molecule has 3 aromatic rings. The summed E-state index contributed by atoms with van der Waals surface area (Å²) in [7, 11) is 0. The van der Waals surface area contributed by atoms with Crippen molar-refractivity contribution in [2.45, 2.75) is 51.4 Å². The van der Waals surface area contributed by atoms with Crippen molar-refractivity contribution in [2.24, 2.45) is 0 Å². The third kappa shape index (κ3) is 5.05. The highest BCUT2D eigenvalue weighted by molar-refractivity contribution is 5.65. The van der Waals surface area contributed by atoms with E-state index in [1.807, 2.05) is 54.9 Å². The average Bonchev–Trinajstić information content (AvgIpc) is 3.47. The number of carbonyl (C=O) groups excluding carboxylic acids is 1. The number of aryl methyl sites for hydroxylation is 1. The summed E-state index contributed by atoms with van der Waals surface area (Å²) in [6.07, 6.45) is 9.91. The standard InChI is InChI=1S/C22H26N6O3/c1-3-4-8-17-13-28(25-23-17)20-11-12-21(31-22(20)15-30-16(2)29)19-14-27(26-24-19)18-9-6-5-7-10-18/h5-7,9-14,20-22H,3-4,8,15H2,1-2H3/t20-,21-,22+/m0/s1. The van der Waals surface area contributed by atoms with Gasteiger partial charge in [0.05, 0.1) is 17.6 Å². The number of unbranched alkanes of at least 4 members (excludes halogenated alkanes) is 1. The van der Waals surface area contributed by atoms with Crippen molar-refractivity contribution in [3.8, 4) is 5.69 Å². The lowest BCUT2D eigenvalue weighted by molar-refractivity contribution is -0.148. The molecule has 0 spiro atoms. The molecular formula is C22H26N6O3. The Morgan fingerprint density at radius 3 is 2.74 bits per heavy atom. The number of benzene rings is 1. The summed E-state index contributed by atoms with van der Waals surface area (Å²) in [6, 6.07) is 9.52. The zero-order valence-corrected chi connectivity index (χ0v) is 17.7. The van der Waals surface area contributed by atoms with Crippen LogP contribution < -0.4 is 0 Å². The summed E-state index contributed by atoms with van der Waals surface area (Å²) in [5.41, 5.74) is 2.53. The molecule has 0 fully saturated rings. The summed E-state index contributed by atoms with van der Waals surface area (Å²) in [5, 5.41) is 17.0. The van der Waals surface area contributed by atoms with Gasteiger partial charge in [-0.3, -0.25) is 4.79 Å². The molecule has 4 rings (SSSR count). The lowest BCUT2D eigenvalue weighted by Gasteiger charge is -2.31. The lowest BCUT2D eigenvalue weighted by atomic mass is 10.1. The van der Waals surface area contributed by atoms with Crippen LogP contribution in [0.25, 0.3) is 5.69 Å². The predicted octanol–water partition coefficient (Wildman–Crippen LogP) is 3.00. The highest BCUT2D eigenvalue weighted by atomic mass is 16.6.